The average Bonchev–Trinajstić information content (AvgIpc) is 2.66. The molecule has 0 bridgehead atoms. The van der Waals surface area contributed by atoms with Crippen molar-refractivity contribution in [3.8, 4) is 0 Å². The van der Waals surface area contributed by atoms with Crippen molar-refractivity contribution < 1.29 is 9.59 Å². The minimum absolute atomic E-state index is 0.00811. The molecule has 2 aromatic rings. The summed E-state index contributed by atoms with van der Waals surface area (Å²) in [6.07, 6.45) is 1.29. The van der Waals surface area contributed by atoms with Crippen LogP contribution >= 0.6 is 23.2 Å². The number of rotatable bonds is 5. The Bertz CT molecular complexity index is 865. The van der Waals surface area contributed by atoms with Gasteiger partial charge in [-0.3, -0.25) is 9.59 Å². The highest BCUT2D eigenvalue weighted by Gasteiger charge is 2.44. The Kier molecular flexibility index (Phi) is 6.47. The van der Waals surface area contributed by atoms with Gasteiger partial charge in [0.1, 0.15) is 0 Å². The Morgan fingerprint density at radius 3 is 2.36 bits per heavy atom. The second kappa shape index (κ2) is 8.67. The van der Waals surface area contributed by atoms with Crippen LogP contribution in [0.4, 0.5) is 0 Å². The second-order valence-electron chi connectivity index (χ2n) is 7.57. The van der Waals surface area contributed by atoms with Crippen molar-refractivity contribution in [3.05, 3.63) is 69.7 Å². The fraction of sp³-hybridized carbons (Fsp3) is 0.391. The summed E-state index contributed by atoms with van der Waals surface area (Å²) in [5.41, 5.74) is 2.06. The van der Waals surface area contributed by atoms with E-state index in [-0.39, 0.29) is 29.6 Å². The van der Waals surface area contributed by atoms with Crippen LogP contribution in [0.1, 0.15) is 56.7 Å². The highest BCUT2D eigenvalue weighted by Crippen LogP contribution is 2.46. The monoisotopic (exact) mass is 417 g/mol. The van der Waals surface area contributed by atoms with Gasteiger partial charge in [-0.25, -0.2) is 0 Å². The van der Waals surface area contributed by atoms with E-state index >= 15 is 0 Å². The number of hydrogen-bond donors (Lipinski definition) is 0. The molecule has 28 heavy (non-hydrogen) atoms. The lowest BCUT2D eigenvalue weighted by atomic mass is 9.75. The number of nitrogens with zero attached hydrogens (tertiary/aromatic N) is 1. The van der Waals surface area contributed by atoms with E-state index in [1.165, 1.54) is 0 Å². The van der Waals surface area contributed by atoms with E-state index < -0.39 is 6.04 Å². The molecule has 1 fully saturated rings. The molecule has 0 spiro atoms. The van der Waals surface area contributed by atoms with Crippen LogP contribution in [-0.4, -0.2) is 22.6 Å². The van der Waals surface area contributed by atoms with Gasteiger partial charge >= 0.3 is 0 Å². The molecule has 2 aromatic carbocycles. The third-order valence-corrected chi connectivity index (χ3v) is 6.13. The molecule has 0 aromatic heterocycles. The maximum absolute atomic E-state index is 13.2. The van der Waals surface area contributed by atoms with Crippen molar-refractivity contribution in [2.45, 2.75) is 51.6 Å². The first-order valence-corrected chi connectivity index (χ1v) is 10.4. The molecule has 3 nitrogen and oxygen atoms in total. The zero-order valence-electron chi connectivity index (χ0n) is 16.4. The summed E-state index contributed by atoms with van der Waals surface area (Å²) in [6, 6.07) is 14.7. The van der Waals surface area contributed by atoms with E-state index in [1.807, 2.05) is 61.2 Å². The minimum Gasteiger partial charge on any atom is -0.325 e. The van der Waals surface area contributed by atoms with E-state index in [0.29, 0.717) is 22.9 Å². The third-order valence-electron chi connectivity index (χ3n) is 5.64. The zero-order chi connectivity index (χ0) is 20.4. The van der Waals surface area contributed by atoms with Crippen LogP contribution in [0, 0.1) is 5.92 Å². The van der Waals surface area contributed by atoms with Gasteiger partial charge in [0.25, 0.3) is 0 Å². The molecule has 1 heterocycles. The zero-order valence-corrected chi connectivity index (χ0v) is 17.9. The van der Waals surface area contributed by atoms with E-state index in [1.54, 1.807) is 6.92 Å². The van der Waals surface area contributed by atoms with Crippen LogP contribution in [0.3, 0.4) is 0 Å². The number of piperidine rings is 1. The largest absolute Gasteiger partial charge is 0.325 e. The van der Waals surface area contributed by atoms with E-state index in [0.717, 1.165) is 11.1 Å². The van der Waals surface area contributed by atoms with E-state index in [2.05, 4.69) is 6.07 Å². The topological polar surface area (TPSA) is 37.4 Å². The standard InChI is InChI=1S/C23H25Cl2NO2/c1-4-21(15(3)27)26-22(16-8-10-18(24)11-9-16)20(12-14(2)23(26)28)17-6-5-7-19(25)13-17/h5-11,13-14,20-22H,4,12H2,1-3H3/t14?,20-,21+,22-/m1/s1. The molecule has 3 rings (SSSR count). The lowest BCUT2D eigenvalue weighted by Crippen LogP contribution is -2.53. The van der Waals surface area contributed by atoms with Gasteiger partial charge < -0.3 is 4.90 Å². The van der Waals surface area contributed by atoms with E-state index in [9.17, 15) is 9.59 Å². The molecule has 1 saturated heterocycles. The van der Waals surface area contributed by atoms with Crippen LogP contribution in [0.15, 0.2) is 48.5 Å². The van der Waals surface area contributed by atoms with Crippen molar-refractivity contribution in [1.29, 1.82) is 0 Å². The molecule has 0 radical (unpaired) electrons. The van der Waals surface area contributed by atoms with Crippen molar-refractivity contribution in [1.82, 2.24) is 4.90 Å². The molecular formula is C23H25Cl2NO2. The Hall–Kier alpha value is -1.84. The van der Waals surface area contributed by atoms with Gasteiger partial charge in [-0.15, -0.1) is 0 Å². The van der Waals surface area contributed by atoms with Gasteiger partial charge in [-0.05, 0) is 55.2 Å². The summed E-state index contributed by atoms with van der Waals surface area (Å²) >= 11 is 12.4. The Balaban J connectivity index is 2.17. The average molecular weight is 418 g/mol. The summed E-state index contributed by atoms with van der Waals surface area (Å²) < 4.78 is 0. The minimum atomic E-state index is -0.447. The number of benzene rings is 2. The maximum atomic E-state index is 13.2. The number of ketones is 1. The van der Waals surface area contributed by atoms with Gasteiger partial charge in [0.15, 0.2) is 5.78 Å². The van der Waals surface area contributed by atoms with Crippen LogP contribution in [0.25, 0.3) is 0 Å². The number of hydrogen-bond acceptors (Lipinski definition) is 2. The number of Topliss-reactive ketones (excluding diaryl/α,β-unsaturated/α-hetero) is 1. The predicted molar refractivity (Wildman–Crippen MR) is 114 cm³/mol. The van der Waals surface area contributed by atoms with Crippen molar-refractivity contribution >= 4 is 34.9 Å². The van der Waals surface area contributed by atoms with Crippen molar-refractivity contribution in [2.75, 3.05) is 0 Å². The lowest BCUT2D eigenvalue weighted by Gasteiger charge is -2.47. The molecular weight excluding hydrogens is 393 g/mol. The first kappa shape index (κ1) is 20.9. The highest BCUT2D eigenvalue weighted by atomic mass is 35.5. The lowest BCUT2D eigenvalue weighted by molar-refractivity contribution is -0.150. The summed E-state index contributed by atoms with van der Waals surface area (Å²) in [5.74, 6) is -0.0871. The maximum Gasteiger partial charge on any atom is 0.226 e. The molecule has 148 valence electrons. The molecule has 0 saturated carbocycles. The molecule has 5 heteroatoms. The number of halogens is 2. The number of amides is 1. The number of likely N-dealkylation sites (tertiary alicyclic amines) is 1. The number of carbonyl (C=O) groups excluding carboxylic acids is 2. The van der Waals surface area contributed by atoms with Crippen LogP contribution in [0.5, 0.6) is 0 Å². The Labute approximate surface area is 176 Å². The molecule has 0 aliphatic carbocycles. The van der Waals surface area contributed by atoms with Gasteiger partial charge in [0.05, 0.1) is 12.1 Å². The molecule has 1 aliphatic rings. The van der Waals surface area contributed by atoms with Gasteiger partial charge in [0.2, 0.25) is 5.91 Å². The Morgan fingerprint density at radius 2 is 1.79 bits per heavy atom. The van der Waals surface area contributed by atoms with Crippen LogP contribution in [0.2, 0.25) is 10.0 Å². The summed E-state index contributed by atoms with van der Waals surface area (Å²) in [7, 11) is 0. The molecule has 1 unspecified atom stereocenters. The highest BCUT2D eigenvalue weighted by molar-refractivity contribution is 6.30. The third kappa shape index (κ3) is 4.11. The molecule has 1 aliphatic heterocycles. The number of carbonyl (C=O) groups is 2. The Morgan fingerprint density at radius 1 is 1.11 bits per heavy atom. The fourth-order valence-corrected chi connectivity index (χ4v) is 4.66. The quantitative estimate of drug-likeness (QED) is 0.592. The predicted octanol–water partition coefficient (Wildman–Crippen LogP) is 6.05. The van der Waals surface area contributed by atoms with Crippen LogP contribution < -0.4 is 0 Å². The molecule has 1 amide bonds. The smallest absolute Gasteiger partial charge is 0.226 e. The normalized spacial score (nSPS) is 23.5. The van der Waals surface area contributed by atoms with Crippen LogP contribution in [-0.2, 0) is 9.59 Å². The van der Waals surface area contributed by atoms with Crippen molar-refractivity contribution in [3.63, 3.8) is 0 Å². The first-order valence-electron chi connectivity index (χ1n) is 9.67. The van der Waals surface area contributed by atoms with Gasteiger partial charge in [0, 0.05) is 21.9 Å². The van der Waals surface area contributed by atoms with Gasteiger partial charge in [-0.2, -0.15) is 0 Å². The molecule has 4 atom stereocenters. The fourth-order valence-electron chi connectivity index (χ4n) is 4.33. The summed E-state index contributed by atoms with van der Waals surface area (Å²) in [6.45, 7) is 5.46. The van der Waals surface area contributed by atoms with Crippen molar-refractivity contribution in [2.24, 2.45) is 5.92 Å². The summed E-state index contributed by atoms with van der Waals surface area (Å²) in [5, 5.41) is 1.31. The van der Waals surface area contributed by atoms with E-state index in [4.69, 9.17) is 23.2 Å². The molecule has 0 N–H and O–H groups in total. The SMILES string of the molecule is CC[C@@H](C(C)=O)N1C(=O)C(C)C[C@H](c2cccc(Cl)c2)[C@H]1c1ccc(Cl)cc1. The summed E-state index contributed by atoms with van der Waals surface area (Å²) in [4.78, 5) is 27.5. The van der Waals surface area contributed by atoms with Gasteiger partial charge in [-0.1, -0.05) is 61.3 Å². The second-order valence-corrected chi connectivity index (χ2v) is 8.45. The first-order chi connectivity index (χ1) is 13.3.